The summed E-state index contributed by atoms with van der Waals surface area (Å²) in [5.74, 6) is -0.798. The van der Waals surface area contributed by atoms with Crippen molar-refractivity contribution in [1.29, 1.82) is 0 Å². The summed E-state index contributed by atoms with van der Waals surface area (Å²) >= 11 is 0. The normalized spacial score (nSPS) is 17.7. The van der Waals surface area contributed by atoms with Crippen LogP contribution in [0.2, 0.25) is 0 Å². The van der Waals surface area contributed by atoms with Gasteiger partial charge < -0.3 is 15.3 Å². The molecule has 1 aliphatic carbocycles. The Morgan fingerprint density at radius 1 is 1.47 bits per heavy atom. The second-order valence-corrected chi connectivity index (χ2v) is 4.11. The van der Waals surface area contributed by atoms with Gasteiger partial charge in [-0.15, -0.1) is 0 Å². The Morgan fingerprint density at radius 3 is 2.40 bits per heavy atom. The fraction of sp³-hybridized carbons (Fsp3) is 0.800. The average Bonchev–Trinajstić information content (AvgIpc) is 2.14. The predicted octanol–water partition coefficient (Wildman–Crippen LogP) is 0.903. The average molecular weight is 214 g/mol. The summed E-state index contributed by atoms with van der Waals surface area (Å²) in [4.78, 5) is 23.9. The topological polar surface area (TPSA) is 69.6 Å². The Labute approximate surface area is 89.4 Å². The molecule has 0 saturated heterocycles. The summed E-state index contributed by atoms with van der Waals surface area (Å²) in [6.45, 7) is 2.73. The molecule has 0 heterocycles. The minimum atomic E-state index is -0.798. The Bertz CT molecular complexity index is 261. The summed E-state index contributed by atoms with van der Waals surface area (Å²) in [6, 6.07) is -0.204. The van der Waals surface area contributed by atoms with E-state index in [2.05, 4.69) is 5.32 Å². The monoisotopic (exact) mass is 214 g/mol. The van der Waals surface area contributed by atoms with Crippen LogP contribution in [-0.4, -0.2) is 42.1 Å². The van der Waals surface area contributed by atoms with Gasteiger partial charge in [0.1, 0.15) is 0 Å². The van der Waals surface area contributed by atoms with Crippen LogP contribution in [0.5, 0.6) is 0 Å². The highest BCUT2D eigenvalue weighted by Gasteiger charge is 2.44. The first kappa shape index (κ1) is 11.8. The molecule has 0 atom stereocenters. The van der Waals surface area contributed by atoms with Crippen molar-refractivity contribution in [1.82, 2.24) is 10.2 Å². The summed E-state index contributed by atoms with van der Waals surface area (Å²) < 4.78 is 0. The Hall–Kier alpha value is -1.26. The molecular formula is C10H18N2O3. The maximum Gasteiger partial charge on any atom is 0.317 e. The molecule has 2 amide bonds. The summed E-state index contributed by atoms with van der Waals surface area (Å²) in [7, 11) is 1.68. The number of hydrogen-bond acceptors (Lipinski definition) is 2. The molecule has 0 aliphatic heterocycles. The number of rotatable bonds is 4. The fourth-order valence-corrected chi connectivity index (χ4v) is 1.59. The van der Waals surface area contributed by atoms with Crippen LogP contribution >= 0.6 is 0 Å². The predicted molar refractivity (Wildman–Crippen MR) is 55.6 cm³/mol. The van der Waals surface area contributed by atoms with Crippen LogP contribution in [0.4, 0.5) is 4.79 Å². The summed E-state index contributed by atoms with van der Waals surface area (Å²) in [5, 5.41) is 11.7. The standard InChI is InChI=1S/C10H18N2O3/c1-3-12(2)9(15)11-7-10(8(13)14)5-4-6-10/h3-7H2,1-2H3,(H,11,15)(H,13,14). The van der Waals surface area contributed by atoms with Crippen molar-refractivity contribution in [3.63, 3.8) is 0 Å². The maximum absolute atomic E-state index is 11.4. The van der Waals surface area contributed by atoms with Crippen LogP contribution in [0, 0.1) is 5.41 Å². The number of carbonyl (C=O) groups is 2. The van der Waals surface area contributed by atoms with Gasteiger partial charge in [-0.2, -0.15) is 0 Å². The van der Waals surface area contributed by atoms with Crippen LogP contribution in [0.25, 0.3) is 0 Å². The molecule has 15 heavy (non-hydrogen) atoms. The number of carbonyl (C=O) groups excluding carboxylic acids is 1. The Kier molecular flexibility index (Phi) is 3.55. The molecule has 2 N–H and O–H groups in total. The van der Waals surface area contributed by atoms with Gasteiger partial charge in [0.2, 0.25) is 0 Å². The van der Waals surface area contributed by atoms with Crippen molar-refractivity contribution in [2.24, 2.45) is 5.41 Å². The highest BCUT2D eigenvalue weighted by atomic mass is 16.4. The van der Waals surface area contributed by atoms with E-state index in [4.69, 9.17) is 5.11 Å². The van der Waals surface area contributed by atoms with Crippen LogP contribution in [0.3, 0.4) is 0 Å². The third kappa shape index (κ3) is 2.40. The summed E-state index contributed by atoms with van der Waals surface area (Å²) in [6.07, 6.45) is 2.27. The van der Waals surface area contributed by atoms with Gasteiger partial charge in [0.25, 0.3) is 0 Å². The molecule has 86 valence electrons. The SMILES string of the molecule is CCN(C)C(=O)NCC1(C(=O)O)CCC1. The highest BCUT2D eigenvalue weighted by Crippen LogP contribution is 2.40. The number of urea groups is 1. The first-order chi connectivity index (χ1) is 7.02. The molecule has 1 rings (SSSR count). The van der Waals surface area contributed by atoms with Crippen molar-refractivity contribution in [3.8, 4) is 0 Å². The van der Waals surface area contributed by atoms with Crippen LogP contribution in [0.1, 0.15) is 26.2 Å². The second kappa shape index (κ2) is 4.51. The van der Waals surface area contributed by atoms with Gasteiger partial charge in [0.05, 0.1) is 5.41 Å². The lowest BCUT2D eigenvalue weighted by atomic mass is 9.69. The van der Waals surface area contributed by atoms with Crippen molar-refractivity contribution in [2.45, 2.75) is 26.2 Å². The number of carboxylic acid groups (broad SMARTS) is 1. The first-order valence-corrected chi connectivity index (χ1v) is 5.24. The van der Waals surface area contributed by atoms with Gasteiger partial charge in [0, 0.05) is 20.1 Å². The van der Waals surface area contributed by atoms with Crippen molar-refractivity contribution in [2.75, 3.05) is 20.1 Å². The van der Waals surface area contributed by atoms with E-state index >= 15 is 0 Å². The van der Waals surface area contributed by atoms with Gasteiger partial charge in [-0.3, -0.25) is 4.79 Å². The lowest BCUT2D eigenvalue weighted by Gasteiger charge is -2.37. The number of carboxylic acids is 1. The van der Waals surface area contributed by atoms with E-state index in [1.807, 2.05) is 6.92 Å². The smallest absolute Gasteiger partial charge is 0.317 e. The van der Waals surface area contributed by atoms with Crippen LogP contribution < -0.4 is 5.32 Å². The quantitative estimate of drug-likeness (QED) is 0.730. The largest absolute Gasteiger partial charge is 0.481 e. The van der Waals surface area contributed by atoms with Crippen LogP contribution in [-0.2, 0) is 4.79 Å². The number of hydrogen-bond donors (Lipinski definition) is 2. The van der Waals surface area contributed by atoms with E-state index in [0.717, 1.165) is 6.42 Å². The van der Waals surface area contributed by atoms with E-state index in [9.17, 15) is 9.59 Å². The number of nitrogens with zero attached hydrogens (tertiary/aromatic N) is 1. The first-order valence-electron chi connectivity index (χ1n) is 5.24. The minimum absolute atomic E-state index is 0.204. The molecule has 1 fully saturated rings. The van der Waals surface area contributed by atoms with Gasteiger partial charge in [-0.1, -0.05) is 6.42 Å². The number of amides is 2. The van der Waals surface area contributed by atoms with Crippen molar-refractivity contribution < 1.29 is 14.7 Å². The Morgan fingerprint density at radius 2 is 2.07 bits per heavy atom. The van der Waals surface area contributed by atoms with Crippen molar-refractivity contribution in [3.05, 3.63) is 0 Å². The maximum atomic E-state index is 11.4. The lowest BCUT2D eigenvalue weighted by molar-refractivity contribution is -0.153. The fourth-order valence-electron chi connectivity index (χ4n) is 1.59. The molecule has 0 aromatic heterocycles. The third-order valence-corrected chi connectivity index (χ3v) is 3.16. The number of aliphatic carboxylic acids is 1. The van der Waals surface area contributed by atoms with Gasteiger partial charge in [-0.05, 0) is 19.8 Å². The van der Waals surface area contributed by atoms with Crippen molar-refractivity contribution >= 4 is 12.0 Å². The zero-order valence-corrected chi connectivity index (χ0v) is 9.25. The molecule has 0 aromatic rings. The highest BCUT2D eigenvalue weighted by molar-refractivity contribution is 5.78. The van der Waals surface area contributed by atoms with E-state index in [1.165, 1.54) is 4.90 Å². The zero-order valence-electron chi connectivity index (χ0n) is 9.25. The zero-order chi connectivity index (χ0) is 11.5. The number of nitrogens with one attached hydrogen (secondary N) is 1. The van der Waals surface area contributed by atoms with E-state index < -0.39 is 11.4 Å². The molecular weight excluding hydrogens is 196 g/mol. The van der Waals surface area contributed by atoms with E-state index in [-0.39, 0.29) is 12.6 Å². The molecule has 0 spiro atoms. The molecule has 0 radical (unpaired) electrons. The molecule has 5 nitrogen and oxygen atoms in total. The molecule has 0 unspecified atom stereocenters. The van der Waals surface area contributed by atoms with E-state index in [1.54, 1.807) is 7.05 Å². The van der Waals surface area contributed by atoms with Crippen LogP contribution in [0.15, 0.2) is 0 Å². The minimum Gasteiger partial charge on any atom is -0.481 e. The molecule has 1 saturated carbocycles. The summed E-state index contributed by atoms with van der Waals surface area (Å²) in [5.41, 5.74) is -0.704. The van der Waals surface area contributed by atoms with E-state index in [0.29, 0.717) is 19.4 Å². The molecule has 0 aromatic carbocycles. The van der Waals surface area contributed by atoms with Gasteiger partial charge in [-0.25, -0.2) is 4.79 Å². The van der Waals surface area contributed by atoms with Gasteiger partial charge >= 0.3 is 12.0 Å². The second-order valence-electron chi connectivity index (χ2n) is 4.11. The molecule has 1 aliphatic rings. The third-order valence-electron chi connectivity index (χ3n) is 3.16. The van der Waals surface area contributed by atoms with Gasteiger partial charge in [0.15, 0.2) is 0 Å². The Balaban J connectivity index is 2.42. The lowest BCUT2D eigenvalue weighted by Crippen LogP contribution is -2.50. The molecule has 0 bridgehead atoms. The molecule has 5 heteroatoms.